The van der Waals surface area contributed by atoms with Crippen molar-refractivity contribution in [3.05, 3.63) is 55.2 Å². The van der Waals surface area contributed by atoms with Crippen LogP contribution >= 0.6 is 0 Å². The van der Waals surface area contributed by atoms with E-state index in [0.29, 0.717) is 6.54 Å². The van der Waals surface area contributed by atoms with Crippen LogP contribution in [0.15, 0.2) is 60.4 Å². The second kappa shape index (κ2) is 6.84. The molecule has 0 radical (unpaired) electrons. The first-order valence-electron chi connectivity index (χ1n) is 8.42. The second-order valence-corrected chi connectivity index (χ2v) is 6.07. The molecule has 0 saturated carbocycles. The Morgan fingerprint density at radius 2 is 1.96 bits per heavy atom. The number of oxime groups is 1. The molecule has 0 bridgehead atoms. The average molecular weight is 333 g/mol. The fraction of sp³-hybridized carbons (Fsp3) is 0.263. The Balaban J connectivity index is 1.51. The summed E-state index contributed by atoms with van der Waals surface area (Å²) < 4.78 is 1.92. The molecular formula is C19H19N5O. The van der Waals surface area contributed by atoms with Crippen molar-refractivity contribution in [3.63, 3.8) is 0 Å². The van der Waals surface area contributed by atoms with Gasteiger partial charge in [0.2, 0.25) is 0 Å². The van der Waals surface area contributed by atoms with Crippen molar-refractivity contribution in [2.24, 2.45) is 5.16 Å². The van der Waals surface area contributed by atoms with Gasteiger partial charge < -0.3 is 4.84 Å². The number of rotatable bonds is 5. The zero-order valence-corrected chi connectivity index (χ0v) is 14.0. The van der Waals surface area contributed by atoms with Gasteiger partial charge in [-0.1, -0.05) is 30.3 Å². The lowest BCUT2D eigenvalue weighted by atomic mass is 10.0. The van der Waals surface area contributed by atoms with E-state index in [1.807, 2.05) is 35.4 Å². The van der Waals surface area contributed by atoms with Gasteiger partial charge >= 0.3 is 0 Å². The normalized spacial score (nSPS) is 16.5. The highest BCUT2D eigenvalue weighted by Gasteiger charge is 2.20. The van der Waals surface area contributed by atoms with E-state index in [2.05, 4.69) is 45.3 Å². The first-order chi connectivity index (χ1) is 12.3. The van der Waals surface area contributed by atoms with E-state index in [4.69, 9.17) is 4.84 Å². The van der Waals surface area contributed by atoms with Crippen molar-refractivity contribution in [2.45, 2.75) is 32.4 Å². The lowest BCUT2D eigenvalue weighted by molar-refractivity contribution is 0.0698. The minimum Gasteiger partial charge on any atom is -0.390 e. The van der Waals surface area contributed by atoms with E-state index in [1.165, 1.54) is 6.33 Å². The Morgan fingerprint density at radius 1 is 1.12 bits per heavy atom. The van der Waals surface area contributed by atoms with Crippen LogP contribution < -0.4 is 0 Å². The summed E-state index contributed by atoms with van der Waals surface area (Å²) in [5.41, 5.74) is 5.20. The van der Waals surface area contributed by atoms with Gasteiger partial charge in [-0.15, -0.1) is 0 Å². The Bertz CT molecular complexity index is 888. The van der Waals surface area contributed by atoms with Gasteiger partial charge in [-0.25, -0.2) is 9.97 Å². The molecule has 0 saturated heterocycles. The predicted octanol–water partition coefficient (Wildman–Crippen LogP) is 3.56. The van der Waals surface area contributed by atoms with Crippen LogP contribution in [0.1, 0.15) is 19.8 Å². The summed E-state index contributed by atoms with van der Waals surface area (Å²) in [5, 5.41) is 8.79. The number of nitrogens with zero attached hydrogens (tertiary/aromatic N) is 5. The van der Waals surface area contributed by atoms with Gasteiger partial charge in [-0.05, 0) is 24.1 Å². The van der Waals surface area contributed by atoms with Gasteiger partial charge in [-0.2, -0.15) is 5.10 Å². The summed E-state index contributed by atoms with van der Waals surface area (Å²) in [6, 6.07) is 10.3. The molecular weight excluding hydrogens is 314 g/mol. The smallest absolute Gasteiger partial charge is 0.152 e. The van der Waals surface area contributed by atoms with Gasteiger partial charge in [0.15, 0.2) is 6.10 Å². The van der Waals surface area contributed by atoms with Crippen molar-refractivity contribution in [1.82, 2.24) is 19.7 Å². The molecule has 126 valence electrons. The summed E-state index contributed by atoms with van der Waals surface area (Å²) >= 11 is 0. The quantitative estimate of drug-likeness (QED) is 0.716. The van der Waals surface area contributed by atoms with E-state index >= 15 is 0 Å². The van der Waals surface area contributed by atoms with Crippen molar-refractivity contribution in [2.75, 3.05) is 0 Å². The summed E-state index contributed by atoms with van der Waals surface area (Å²) in [6.45, 7) is 2.81. The van der Waals surface area contributed by atoms with Crippen LogP contribution in [-0.4, -0.2) is 31.6 Å². The standard InChI is InChI=1S/C19H19N5O/c1-2-17-9-18(25-23-17)12-24-7-6-19(22-24)15-5-3-4-14(8-15)16-10-20-13-21-11-16/h3-8,10-11,13,18H,2,9,12H2,1H3. The van der Waals surface area contributed by atoms with E-state index < -0.39 is 0 Å². The third-order valence-corrected chi connectivity index (χ3v) is 4.29. The summed E-state index contributed by atoms with van der Waals surface area (Å²) in [4.78, 5) is 13.6. The van der Waals surface area contributed by atoms with Crippen LogP contribution in [0.4, 0.5) is 0 Å². The third-order valence-electron chi connectivity index (χ3n) is 4.29. The number of benzene rings is 1. The Kier molecular flexibility index (Phi) is 4.24. The van der Waals surface area contributed by atoms with Crippen molar-refractivity contribution in [1.29, 1.82) is 0 Å². The second-order valence-electron chi connectivity index (χ2n) is 6.07. The van der Waals surface area contributed by atoms with Crippen LogP contribution in [0.3, 0.4) is 0 Å². The van der Waals surface area contributed by atoms with E-state index in [9.17, 15) is 0 Å². The lowest BCUT2D eigenvalue weighted by Gasteiger charge is -2.08. The molecule has 6 heteroatoms. The van der Waals surface area contributed by atoms with Crippen LogP contribution in [-0.2, 0) is 11.4 Å². The zero-order valence-electron chi connectivity index (χ0n) is 14.0. The molecule has 25 heavy (non-hydrogen) atoms. The third kappa shape index (κ3) is 3.42. The van der Waals surface area contributed by atoms with E-state index in [-0.39, 0.29) is 6.10 Å². The maximum atomic E-state index is 5.47. The first kappa shape index (κ1) is 15.5. The molecule has 0 spiro atoms. The van der Waals surface area contributed by atoms with Crippen molar-refractivity contribution >= 4 is 5.71 Å². The summed E-state index contributed by atoms with van der Waals surface area (Å²) in [5.74, 6) is 0. The molecule has 2 aromatic heterocycles. The molecule has 0 amide bonds. The molecule has 4 rings (SSSR count). The molecule has 6 nitrogen and oxygen atoms in total. The lowest BCUT2D eigenvalue weighted by Crippen LogP contribution is -2.16. The highest BCUT2D eigenvalue weighted by molar-refractivity contribution is 5.85. The zero-order chi connectivity index (χ0) is 17.1. The van der Waals surface area contributed by atoms with Crippen LogP contribution in [0.25, 0.3) is 22.4 Å². The molecule has 3 heterocycles. The highest BCUT2D eigenvalue weighted by atomic mass is 16.6. The van der Waals surface area contributed by atoms with Crippen molar-refractivity contribution in [3.8, 4) is 22.4 Å². The molecule has 0 fully saturated rings. The SMILES string of the molecule is CCC1=NOC(Cn2ccc(-c3cccc(-c4cncnc4)c3)n2)C1. The minimum atomic E-state index is 0.0792. The fourth-order valence-electron chi connectivity index (χ4n) is 2.93. The Labute approximate surface area is 146 Å². The monoisotopic (exact) mass is 333 g/mol. The van der Waals surface area contributed by atoms with Gasteiger partial charge in [0.05, 0.1) is 18.0 Å². The van der Waals surface area contributed by atoms with E-state index in [0.717, 1.165) is 40.9 Å². The van der Waals surface area contributed by atoms with Crippen LogP contribution in [0.2, 0.25) is 0 Å². The Morgan fingerprint density at radius 3 is 2.76 bits per heavy atom. The number of hydrogen-bond donors (Lipinski definition) is 0. The minimum absolute atomic E-state index is 0.0792. The summed E-state index contributed by atoms with van der Waals surface area (Å²) in [7, 11) is 0. The molecule has 1 aliphatic heterocycles. The predicted molar refractivity (Wildman–Crippen MR) is 95.9 cm³/mol. The van der Waals surface area contributed by atoms with Crippen molar-refractivity contribution < 1.29 is 4.84 Å². The molecule has 1 aromatic carbocycles. The van der Waals surface area contributed by atoms with Gasteiger partial charge in [0, 0.05) is 36.1 Å². The molecule has 1 unspecified atom stereocenters. The van der Waals surface area contributed by atoms with Gasteiger partial charge in [0.1, 0.15) is 6.33 Å². The summed E-state index contributed by atoms with van der Waals surface area (Å²) in [6.07, 6.45) is 9.05. The molecule has 3 aromatic rings. The fourth-order valence-corrected chi connectivity index (χ4v) is 2.93. The number of hydrogen-bond acceptors (Lipinski definition) is 5. The van der Waals surface area contributed by atoms with Gasteiger partial charge in [-0.3, -0.25) is 4.68 Å². The first-order valence-corrected chi connectivity index (χ1v) is 8.42. The maximum Gasteiger partial charge on any atom is 0.152 e. The largest absolute Gasteiger partial charge is 0.390 e. The van der Waals surface area contributed by atoms with Crippen LogP contribution in [0, 0.1) is 0 Å². The highest BCUT2D eigenvalue weighted by Crippen LogP contribution is 2.24. The van der Waals surface area contributed by atoms with Crippen LogP contribution in [0.5, 0.6) is 0 Å². The molecule has 1 atom stereocenters. The number of aromatic nitrogens is 4. The maximum absolute atomic E-state index is 5.47. The molecule has 0 aliphatic carbocycles. The average Bonchev–Trinajstić information content (AvgIpc) is 3.32. The Hall–Kier alpha value is -3.02. The topological polar surface area (TPSA) is 65.2 Å². The molecule has 0 N–H and O–H groups in total. The molecule has 1 aliphatic rings. The van der Waals surface area contributed by atoms with E-state index in [1.54, 1.807) is 0 Å². The van der Waals surface area contributed by atoms with Gasteiger partial charge in [0.25, 0.3) is 0 Å².